The lowest BCUT2D eigenvalue weighted by molar-refractivity contribution is 0.00680. The van der Waals surface area contributed by atoms with E-state index in [1.807, 2.05) is 4.72 Å². The van der Waals surface area contributed by atoms with E-state index in [4.69, 9.17) is 10.2 Å². The van der Waals surface area contributed by atoms with Crippen LogP contribution in [0.15, 0.2) is 21.5 Å². The van der Waals surface area contributed by atoms with Crippen molar-refractivity contribution in [3.8, 4) is 0 Å². The molecule has 10 heteroatoms. The molecule has 1 aromatic rings. The molecule has 7 nitrogen and oxygen atoms in total. The van der Waals surface area contributed by atoms with Gasteiger partial charge in [0.1, 0.15) is 4.90 Å². The first kappa shape index (κ1) is 18.0. The molecule has 21 heavy (non-hydrogen) atoms. The summed E-state index contributed by atoms with van der Waals surface area (Å²) in [6.07, 6.45) is 0. The molecule has 4 N–H and O–H groups in total. The standard InChI is InChI=1S/C11H13BrFNO6S/c1-11(18,5-15)4-14-21(19,20)8-3-6(12)2-7(9(8)13)10(16)17/h2-3,14-15,18H,4-5H2,1H3,(H,16,17). The molecule has 1 rings (SSSR count). The summed E-state index contributed by atoms with van der Waals surface area (Å²) < 4.78 is 39.9. The highest BCUT2D eigenvalue weighted by Crippen LogP contribution is 2.24. The molecule has 118 valence electrons. The first-order valence-corrected chi connectivity index (χ1v) is 7.83. The number of aromatic carboxylic acids is 1. The monoisotopic (exact) mass is 385 g/mol. The highest BCUT2D eigenvalue weighted by atomic mass is 79.9. The number of rotatable bonds is 6. The van der Waals surface area contributed by atoms with Gasteiger partial charge in [0.05, 0.1) is 17.8 Å². The summed E-state index contributed by atoms with van der Waals surface area (Å²) in [5.74, 6) is -3.03. The highest BCUT2D eigenvalue weighted by molar-refractivity contribution is 9.10. The van der Waals surface area contributed by atoms with Crippen molar-refractivity contribution in [2.45, 2.75) is 17.4 Å². The van der Waals surface area contributed by atoms with Crippen molar-refractivity contribution >= 4 is 31.9 Å². The Balaban J connectivity index is 3.23. The lowest BCUT2D eigenvalue weighted by atomic mass is 10.1. The summed E-state index contributed by atoms with van der Waals surface area (Å²) in [6.45, 7) is -0.105. The average molecular weight is 386 g/mol. The van der Waals surface area contributed by atoms with Gasteiger partial charge in [0.15, 0.2) is 5.82 Å². The van der Waals surface area contributed by atoms with Gasteiger partial charge in [-0.15, -0.1) is 0 Å². The van der Waals surface area contributed by atoms with E-state index < -0.39 is 51.0 Å². The van der Waals surface area contributed by atoms with Crippen LogP contribution in [0.2, 0.25) is 0 Å². The Bertz CT molecular complexity index is 661. The molecule has 0 aliphatic carbocycles. The van der Waals surface area contributed by atoms with Gasteiger partial charge in [-0.25, -0.2) is 22.3 Å². The second-order valence-electron chi connectivity index (χ2n) is 4.55. The van der Waals surface area contributed by atoms with Gasteiger partial charge in [-0.1, -0.05) is 15.9 Å². The maximum atomic E-state index is 14.0. The van der Waals surface area contributed by atoms with E-state index in [1.54, 1.807) is 0 Å². The number of halogens is 2. The predicted octanol–water partition coefficient (Wildman–Crippen LogP) is 0.308. The van der Waals surface area contributed by atoms with Gasteiger partial charge in [-0.2, -0.15) is 0 Å². The third-order valence-corrected chi connectivity index (χ3v) is 4.37. The number of hydrogen-bond donors (Lipinski definition) is 4. The van der Waals surface area contributed by atoms with E-state index in [0.717, 1.165) is 12.1 Å². The summed E-state index contributed by atoms with van der Waals surface area (Å²) in [7, 11) is -4.40. The molecular formula is C11H13BrFNO6S. The topological polar surface area (TPSA) is 124 Å². The first-order chi connectivity index (χ1) is 9.50. The summed E-state index contributed by atoms with van der Waals surface area (Å²) in [4.78, 5) is 10.00. The fraction of sp³-hybridized carbons (Fsp3) is 0.364. The van der Waals surface area contributed by atoms with Crippen LogP contribution in [0, 0.1) is 5.82 Å². The molecule has 0 saturated heterocycles. The Labute approximate surface area is 128 Å². The fourth-order valence-electron chi connectivity index (χ4n) is 1.30. The van der Waals surface area contributed by atoms with Gasteiger partial charge in [0.2, 0.25) is 10.0 Å². The SMILES string of the molecule is CC(O)(CO)CNS(=O)(=O)c1cc(Br)cc(C(=O)O)c1F. The molecule has 0 aliphatic heterocycles. The van der Waals surface area contributed by atoms with Gasteiger partial charge in [0, 0.05) is 11.0 Å². The molecule has 0 saturated carbocycles. The number of carboxylic acids is 1. The Morgan fingerprint density at radius 1 is 1.48 bits per heavy atom. The minimum absolute atomic E-state index is 0.0654. The zero-order valence-corrected chi connectivity index (χ0v) is 13.2. The fourth-order valence-corrected chi connectivity index (χ4v) is 3.19. The number of aliphatic hydroxyl groups is 2. The number of aliphatic hydroxyl groups excluding tert-OH is 1. The van der Waals surface area contributed by atoms with Gasteiger partial charge in [-0.3, -0.25) is 0 Å². The van der Waals surface area contributed by atoms with Crippen molar-refractivity contribution in [2.75, 3.05) is 13.2 Å². The number of carbonyl (C=O) groups is 1. The van der Waals surface area contributed by atoms with Crippen molar-refractivity contribution in [3.05, 3.63) is 28.0 Å². The lowest BCUT2D eigenvalue weighted by Gasteiger charge is -2.20. The van der Waals surface area contributed by atoms with Gasteiger partial charge in [-0.05, 0) is 19.1 Å². The number of nitrogens with one attached hydrogen (secondary N) is 1. The van der Waals surface area contributed by atoms with Crippen molar-refractivity contribution in [3.63, 3.8) is 0 Å². The van der Waals surface area contributed by atoms with Crippen LogP contribution >= 0.6 is 15.9 Å². The molecule has 0 radical (unpaired) electrons. The van der Waals surface area contributed by atoms with Gasteiger partial charge >= 0.3 is 5.97 Å². The van der Waals surface area contributed by atoms with Crippen LogP contribution in [0.5, 0.6) is 0 Å². The highest BCUT2D eigenvalue weighted by Gasteiger charge is 2.28. The smallest absolute Gasteiger partial charge is 0.338 e. The second-order valence-corrected chi connectivity index (χ2v) is 7.20. The minimum Gasteiger partial charge on any atom is -0.478 e. The number of benzene rings is 1. The zero-order chi connectivity index (χ0) is 16.4. The van der Waals surface area contributed by atoms with Crippen molar-refractivity contribution in [2.24, 2.45) is 0 Å². The minimum atomic E-state index is -4.40. The average Bonchev–Trinajstić information content (AvgIpc) is 2.38. The van der Waals surface area contributed by atoms with Crippen LogP contribution in [0.25, 0.3) is 0 Å². The predicted molar refractivity (Wildman–Crippen MR) is 74.0 cm³/mol. The molecule has 1 aromatic carbocycles. The molecule has 1 unspecified atom stereocenters. The molecule has 0 heterocycles. The molecule has 0 spiro atoms. The van der Waals surface area contributed by atoms with Crippen LogP contribution in [0.1, 0.15) is 17.3 Å². The summed E-state index contributed by atoms with van der Waals surface area (Å²) in [5, 5.41) is 27.2. The molecule has 1 atom stereocenters. The summed E-state index contributed by atoms with van der Waals surface area (Å²) in [6, 6.07) is 1.83. The number of sulfonamides is 1. The van der Waals surface area contributed by atoms with E-state index in [-0.39, 0.29) is 4.47 Å². The van der Waals surface area contributed by atoms with E-state index in [9.17, 15) is 22.7 Å². The Morgan fingerprint density at radius 2 is 2.05 bits per heavy atom. The van der Waals surface area contributed by atoms with Crippen LogP contribution in [-0.2, 0) is 10.0 Å². The first-order valence-electron chi connectivity index (χ1n) is 5.55. The zero-order valence-electron chi connectivity index (χ0n) is 10.8. The van der Waals surface area contributed by atoms with E-state index in [0.29, 0.717) is 0 Å². The molecule has 0 aliphatic rings. The Morgan fingerprint density at radius 3 is 2.52 bits per heavy atom. The second kappa shape index (κ2) is 6.36. The summed E-state index contributed by atoms with van der Waals surface area (Å²) >= 11 is 2.90. The van der Waals surface area contributed by atoms with Crippen LogP contribution in [0.4, 0.5) is 4.39 Å². The van der Waals surface area contributed by atoms with E-state index in [2.05, 4.69) is 15.9 Å². The van der Waals surface area contributed by atoms with Gasteiger partial charge in [0.25, 0.3) is 0 Å². The molecule has 0 amide bonds. The quantitative estimate of drug-likeness (QED) is 0.558. The molecule has 0 fully saturated rings. The van der Waals surface area contributed by atoms with E-state index >= 15 is 0 Å². The maximum Gasteiger partial charge on any atom is 0.338 e. The maximum absolute atomic E-state index is 14.0. The van der Waals surface area contributed by atoms with Crippen molar-refractivity contribution in [1.82, 2.24) is 4.72 Å². The summed E-state index contributed by atoms with van der Waals surface area (Å²) in [5.41, 5.74) is -2.54. The van der Waals surface area contributed by atoms with Crippen molar-refractivity contribution < 1.29 is 32.9 Å². The van der Waals surface area contributed by atoms with Crippen LogP contribution in [0.3, 0.4) is 0 Å². The normalized spacial score (nSPS) is 14.7. The Hall–Kier alpha value is -1.07. The third-order valence-electron chi connectivity index (χ3n) is 2.51. The third kappa shape index (κ3) is 4.45. The van der Waals surface area contributed by atoms with Crippen molar-refractivity contribution in [1.29, 1.82) is 0 Å². The molecule has 0 bridgehead atoms. The van der Waals surface area contributed by atoms with Crippen LogP contribution < -0.4 is 4.72 Å². The molecule has 0 aromatic heterocycles. The van der Waals surface area contributed by atoms with Gasteiger partial charge < -0.3 is 15.3 Å². The Kier molecular flexibility index (Phi) is 5.45. The number of hydrogen-bond acceptors (Lipinski definition) is 5. The largest absolute Gasteiger partial charge is 0.478 e. The van der Waals surface area contributed by atoms with E-state index in [1.165, 1.54) is 6.92 Å². The van der Waals surface area contributed by atoms with Crippen LogP contribution in [-0.4, -0.2) is 48.5 Å². The number of carboxylic acid groups (broad SMARTS) is 1. The lowest BCUT2D eigenvalue weighted by Crippen LogP contribution is -2.43. The molecular weight excluding hydrogens is 373 g/mol.